The SMILES string of the molecule is CN1CC[C@]2(CCC1=O)CN(C(=O)N1CCOCC1)CCN2C. The van der Waals surface area contributed by atoms with Gasteiger partial charge in [-0.15, -0.1) is 0 Å². The molecule has 0 N–H and O–H groups in total. The number of likely N-dealkylation sites (tertiary alicyclic amines) is 1. The zero-order valence-corrected chi connectivity index (χ0v) is 14.3. The van der Waals surface area contributed by atoms with Gasteiger partial charge in [-0.2, -0.15) is 0 Å². The highest BCUT2D eigenvalue weighted by Gasteiger charge is 2.43. The molecule has 23 heavy (non-hydrogen) atoms. The number of carbonyl (C=O) groups is 2. The number of likely N-dealkylation sites (N-methyl/N-ethyl adjacent to an activating group) is 1. The molecule has 1 atom stereocenters. The first kappa shape index (κ1) is 16.5. The van der Waals surface area contributed by atoms with Crippen molar-refractivity contribution in [1.29, 1.82) is 0 Å². The van der Waals surface area contributed by atoms with Crippen LogP contribution >= 0.6 is 0 Å². The fraction of sp³-hybridized carbons (Fsp3) is 0.875. The molecule has 0 aliphatic carbocycles. The summed E-state index contributed by atoms with van der Waals surface area (Å²) in [4.78, 5) is 32.9. The maximum atomic E-state index is 12.8. The molecular weight excluding hydrogens is 296 g/mol. The summed E-state index contributed by atoms with van der Waals surface area (Å²) in [7, 11) is 4.01. The topological polar surface area (TPSA) is 56.3 Å². The zero-order valence-electron chi connectivity index (χ0n) is 14.3. The maximum Gasteiger partial charge on any atom is 0.320 e. The average molecular weight is 324 g/mol. The number of amides is 3. The summed E-state index contributed by atoms with van der Waals surface area (Å²) in [5, 5.41) is 0. The number of hydrogen-bond donors (Lipinski definition) is 0. The molecule has 3 saturated heterocycles. The van der Waals surface area contributed by atoms with E-state index in [0.29, 0.717) is 32.7 Å². The molecule has 7 nitrogen and oxygen atoms in total. The Bertz CT molecular complexity index is 466. The summed E-state index contributed by atoms with van der Waals surface area (Å²) in [5.74, 6) is 0.215. The Morgan fingerprint density at radius 3 is 2.48 bits per heavy atom. The van der Waals surface area contributed by atoms with Crippen LogP contribution in [0.15, 0.2) is 0 Å². The van der Waals surface area contributed by atoms with Crippen molar-refractivity contribution in [3.8, 4) is 0 Å². The molecule has 1 spiro atoms. The van der Waals surface area contributed by atoms with Crippen molar-refractivity contribution in [1.82, 2.24) is 19.6 Å². The lowest BCUT2D eigenvalue weighted by Gasteiger charge is -2.50. The van der Waals surface area contributed by atoms with E-state index in [9.17, 15) is 9.59 Å². The van der Waals surface area contributed by atoms with Gasteiger partial charge >= 0.3 is 6.03 Å². The predicted molar refractivity (Wildman–Crippen MR) is 86.2 cm³/mol. The van der Waals surface area contributed by atoms with Gasteiger partial charge in [0.2, 0.25) is 5.91 Å². The van der Waals surface area contributed by atoms with Crippen LogP contribution < -0.4 is 0 Å². The van der Waals surface area contributed by atoms with Gasteiger partial charge in [0.1, 0.15) is 0 Å². The minimum atomic E-state index is -0.0688. The lowest BCUT2D eigenvalue weighted by Crippen LogP contribution is -2.64. The van der Waals surface area contributed by atoms with Crippen LogP contribution in [0.1, 0.15) is 19.3 Å². The molecule has 0 aromatic rings. The van der Waals surface area contributed by atoms with Gasteiger partial charge in [0.25, 0.3) is 0 Å². The highest BCUT2D eigenvalue weighted by molar-refractivity contribution is 5.77. The van der Waals surface area contributed by atoms with Crippen molar-refractivity contribution < 1.29 is 14.3 Å². The van der Waals surface area contributed by atoms with E-state index in [1.165, 1.54) is 0 Å². The zero-order chi connectivity index (χ0) is 16.4. The van der Waals surface area contributed by atoms with E-state index in [2.05, 4.69) is 11.9 Å². The van der Waals surface area contributed by atoms with Crippen LogP contribution in [-0.4, -0.2) is 104 Å². The van der Waals surface area contributed by atoms with Crippen LogP contribution in [0.3, 0.4) is 0 Å². The molecule has 0 saturated carbocycles. The van der Waals surface area contributed by atoms with Crippen LogP contribution in [-0.2, 0) is 9.53 Å². The van der Waals surface area contributed by atoms with E-state index >= 15 is 0 Å². The first-order valence-electron chi connectivity index (χ1n) is 8.59. The third-order valence-corrected chi connectivity index (χ3v) is 5.69. The van der Waals surface area contributed by atoms with Crippen molar-refractivity contribution in [2.24, 2.45) is 0 Å². The highest BCUT2D eigenvalue weighted by Crippen LogP contribution is 2.32. The van der Waals surface area contributed by atoms with Gasteiger partial charge in [0.05, 0.1) is 13.2 Å². The molecule has 130 valence electrons. The Morgan fingerprint density at radius 2 is 1.74 bits per heavy atom. The quantitative estimate of drug-likeness (QED) is 0.633. The average Bonchev–Trinajstić information content (AvgIpc) is 2.72. The van der Waals surface area contributed by atoms with Gasteiger partial charge in [0, 0.05) is 58.3 Å². The summed E-state index contributed by atoms with van der Waals surface area (Å²) in [6.07, 6.45) is 2.33. The Kier molecular flexibility index (Phi) is 4.77. The smallest absolute Gasteiger partial charge is 0.320 e. The number of ether oxygens (including phenoxy) is 1. The molecule has 0 radical (unpaired) electrons. The Labute approximate surface area is 138 Å². The number of rotatable bonds is 0. The number of carbonyl (C=O) groups excluding carboxylic acids is 2. The molecule has 0 aromatic carbocycles. The lowest BCUT2D eigenvalue weighted by molar-refractivity contribution is -0.129. The maximum absolute atomic E-state index is 12.8. The van der Waals surface area contributed by atoms with Crippen LogP contribution in [0, 0.1) is 0 Å². The van der Waals surface area contributed by atoms with Gasteiger partial charge in [0.15, 0.2) is 0 Å². The molecule has 3 amide bonds. The highest BCUT2D eigenvalue weighted by atomic mass is 16.5. The number of nitrogens with zero attached hydrogens (tertiary/aromatic N) is 4. The van der Waals surface area contributed by atoms with E-state index in [-0.39, 0.29) is 17.5 Å². The van der Waals surface area contributed by atoms with E-state index in [0.717, 1.165) is 39.0 Å². The van der Waals surface area contributed by atoms with Crippen molar-refractivity contribution in [2.75, 3.05) is 66.6 Å². The van der Waals surface area contributed by atoms with Gasteiger partial charge in [-0.3, -0.25) is 9.69 Å². The fourth-order valence-electron chi connectivity index (χ4n) is 3.88. The first-order valence-corrected chi connectivity index (χ1v) is 8.59. The van der Waals surface area contributed by atoms with Crippen LogP contribution in [0.2, 0.25) is 0 Å². The van der Waals surface area contributed by atoms with Gasteiger partial charge in [-0.1, -0.05) is 0 Å². The van der Waals surface area contributed by atoms with Gasteiger partial charge < -0.3 is 19.4 Å². The van der Waals surface area contributed by atoms with Crippen molar-refractivity contribution in [3.63, 3.8) is 0 Å². The molecular formula is C16H28N4O3. The van der Waals surface area contributed by atoms with Gasteiger partial charge in [-0.25, -0.2) is 4.79 Å². The molecule has 3 aliphatic heterocycles. The van der Waals surface area contributed by atoms with E-state index in [1.807, 2.05) is 21.7 Å². The summed E-state index contributed by atoms with van der Waals surface area (Å²) in [5.41, 5.74) is -0.0688. The minimum absolute atomic E-state index is 0.0688. The predicted octanol–water partition coefficient (Wildman–Crippen LogP) is 0.0671. The molecule has 3 aliphatic rings. The molecule has 7 heteroatoms. The molecule has 3 rings (SSSR count). The van der Waals surface area contributed by atoms with Crippen molar-refractivity contribution in [2.45, 2.75) is 24.8 Å². The minimum Gasteiger partial charge on any atom is -0.378 e. The number of morpholine rings is 1. The molecule has 3 fully saturated rings. The van der Waals surface area contributed by atoms with E-state index < -0.39 is 0 Å². The normalized spacial score (nSPS) is 30.7. The number of urea groups is 1. The second-order valence-corrected chi connectivity index (χ2v) is 7.01. The molecule has 0 unspecified atom stereocenters. The number of hydrogen-bond acceptors (Lipinski definition) is 4. The fourth-order valence-corrected chi connectivity index (χ4v) is 3.88. The standard InChI is InChI=1S/C16H28N4O3/c1-17-6-5-16(4-3-14(17)21)13-20(8-7-18(16)2)15(22)19-9-11-23-12-10-19/h3-13H2,1-2H3/t16-/m1/s1. The Balaban J connectivity index is 1.71. The molecule has 3 heterocycles. The summed E-state index contributed by atoms with van der Waals surface area (Å²) in [6.45, 7) is 5.74. The van der Waals surface area contributed by atoms with Crippen LogP contribution in [0.4, 0.5) is 4.79 Å². The summed E-state index contributed by atoms with van der Waals surface area (Å²) >= 11 is 0. The largest absolute Gasteiger partial charge is 0.378 e. The summed E-state index contributed by atoms with van der Waals surface area (Å²) < 4.78 is 5.34. The van der Waals surface area contributed by atoms with Crippen LogP contribution in [0.25, 0.3) is 0 Å². The van der Waals surface area contributed by atoms with E-state index in [1.54, 1.807) is 0 Å². The van der Waals surface area contributed by atoms with Crippen molar-refractivity contribution in [3.05, 3.63) is 0 Å². The van der Waals surface area contributed by atoms with Crippen LogP contribution in [0.5, 0.6) is 0 Å². The first-order chi connectivity index (χ1) is 11.0. The third-order valence-electron chi connectivity index (χ3n) is 5.69. The Morgan fingerprint density at radius 1 is 1.00 bits per heavy atom. The Hall–Kier alpha value is -1.34. The van der Waals surface area contributed by atoms with Crippen molar-refractivity contribution >= 4 is 11.9 Å². The monoisotopic (exact) mass is 324 g/mol. The van der Waals surface area contributed by atoms with E-state index in [4.69, 9.17) is 4.74 Å². The van der Waals surface area contributed by atoms with Gasteiger partial charge in [-0.05, 0) is 19.9 Å². The molecule has 0 aromatic heterocycles. The lowest BCUT2D eigenvalue weighted by atomic mass is 9.86. The second-order valence-electron chi connectivity index (χ2n) is 7.01. The molecule has 0 bridgehead atoms. The second kappa shape index (κ2) is 6.65. The summed E-state index contributed by atoms with van der Waals surface area (Å²) in [6, 6.07) is 0.129. The third kappa shape index (κ3) is 3.30. The number of piperazine rings is 1.